The average molecular weight is 256 g/mol. The van der Waals surface area contributed by atoms with E-state index in [9.17, 15) is 4.79 Å². The van der Waals surface area contributed by atoms with Gasteiger partial charge in [-0.05, 0) is 54.2 Å². The zero-order valence-corrected chi connectivity index (χ0v) is 12.5. The molecule has 0 aliphatic heterocycles. The Hall–Kier alpha value is -1.37. The second-order valence-corrected chi connectivity index (χ2v) is 6.80. The van der Waals surface area contributed by atoms with E-state index in [0.717, 1.165) is 24.7 Å². The summed E-state index contributed by atoms with van der Waals surface area (Å²) >= 11 is 0. The number of carbonyl (C=O) groups is 1. The van der Waals surface area contributed by atoms with Crippen LogP contribution in [0.2, 0.25) is 0 Å². The highest BCUT2D eigenvalue weighted by Crippen LogP contribution is 2.42. The van der Waals surface area contributed by atoms with Crippen LogP contribution in [0.15, 0.2) is 29.8 Å². The first-order valence-corrected chi connectivity index (χ1v) is 7.16. The fraction of sp³-hybridized carbons (Fsp3) is 0.500. The molecular formula is C18H24O. The standard InChI is InChI=1S/C18H24O/c1-13-6-5-7-14(10-13)17-9-8-16(18(2,3)4)11-15(17)12-19/h5-7,10,12,16H,8-9,11H2,1-4H3. The molecule has 0 saturated heterocycles. The third kappa shape index (κ3) is 3.15. The topological polar surface area (TPSA) is 17.1 Å². The summed E-state index contributed by atoms with van der Waals surface area (Å²) in [5.74, 6) is 0.612. The molecule has 1 aromatic carbocycles. The van der Waals surface area contributed by atoms with E-state index >= 15 is 0 Å². The van der Waals surface area contributed by atoms with Crippen molar-refractivity contribution in [1.29, 1.82) is 0 Å². The summed E-state index contributed by atoms with van der Waals surface area (Å²) in [6.45, 7) is 8.93. The molecule has 0 amide bonds. The molecule has 0 aromatic heterocycles. The maximum atomic E-state index is 11.4. The van der Waals surface area contributed by atoms with Crippen LogP contribution in [0.3, 0.4) is 0 Å². The third-order valence-electron chi connectivity index (χ3n) is 4.33. The lowest BCUT2D eigenvalue weighted by atomic mass is 9.70. The van der Waals surface area contributed by atoms with E-state index in [-0.39, 0.29) is 5.41 Å². The number of aldehydes is 1. The minimum Gasteiger partial charge on any atom is -0.298 e. The van der Waals surface area contributed by atoms with Gasteiger partial charge < -0.3 is 0 Å². The van der Waals surface area contributed by atoms with Crippen molar-refractivity contribution in [2.24, 2.45) is 11.3 Å². The molecule has 0 heterocycles. The van der Waals surface area contributed by atoms with Crippen LogP contribution in [0.4, 0.5) is 0 Å². The van der Waals surface area contributed by atoms with E-state index in [0.29, 0.717) is 5.92 Å². The van der Waals surface area contributed by atoms with Gasteiger partial charge in [0, 0.05) is 0 Å². The smallest absolute Gasteiger partial charge is 0.146 e. The zero-order chi connectivity index (χ0) is 14.0. The highest BCUT2D eigenvalue weighted by molar-refractivity contribution is 5.88. The Bertz CT molecular complexity index is 503. The molecule has 1 unspecified atom stereocenters. The minimum absolute atomic E-state index is 0.284. The van der Waals surface area contributed by atoms with E-state index in [1.807, 2.05) is 0 Å². The molecule has 0 spiro atoms. The molecule has 2 rings (SSSR count). The quantitative estimate of drug-likeness (QED) is 0.695. The number of rotatable bonds is 2. The minimum atomic E-state index is 0.284. The van der Waals surface area contributed by atoms with Gasteiger partial charge in [-0.3, -0.25) is 4.79 Å². The number of aryl methyl sites for hydroxylation is 1. The van der Waals surface area contributed by atoms with Crippen LogP contribution in [0.5, 0.6) is 0 Å². The van der Waals surface area contributed by atoms with Crippen molar-refractivity contribution in [1.82, 2.24) is 0 Å². The summed E-state index contributed by atoms with van der Waals surface area (Å²) in [5.41, 5.74) is 5.05. The van der Waals surface area contributed by atoms with Crippen molar-refractivity contribution in [3.8, 4) is 0 Å². The maximum absolute atomic E-state index is 11.4. The number of carbonyl (C=O) groups excluding carboxylic acids is 1. The van der Waals surface area contributed by atoms with Crippen LogP contribution in [0.1, 0.15) is 51.2 Å². The lowest BCUT2D eigenvalue weighted by molar-refractivity contribution is -0.105. The molecule has 0 saturated carbocycles. The molecule has 1 aliphatic carbocycles. The van der Waals surface area contributed by atoms with E-state index in [2.05, 4.69) is 52.0 Å². The number of hydrogen-bond acceptors (Lipinski definition) is 1. The number of allylic oxidation sites excluding steroid dienone is 2. The number of hydrogen-bond donors (Lipinski definition) is 0. The van der Waals surface area contributed by atoms with Gasteiger partial charge in [0.1, 0.15) is 6.29 Å². The fourth-order valence-electron chi connectivity index (χ4n) is 2.99. The molecule has 0 fully saturated rings. The van der Waals surface area contributed by atoms with Crippen molar-refractivity contribution < 1.29 is 4.79 Å². The summed E-state index contributed by atoms with van der Waals surface area (Å²) in [6, 6.07) is 8.50. The van der Waals surface area contributed by atoms with Crippen molar-refractivity contribution in [3.05, 3.63) is 41.0 Å². The zero-order valence-electron chi connectivity index (χ0n) is 12.5. The molecule has 1 nitrogen and oxygen atoms in total. The molecule has 0 radical (unpaired) electrons. The lowest BCUT2D eigenvalue weighted by Gasteiger charge is -2.35. The molecule has 1 aliphatic rings. The molecular weight excluding hydrogens is 232 g/mol. The first-order valence-electron chi connectivity index (χ1n) is 7.16. The van der Waals surface area contributed by atoms with Gasteiger partial charge in [0.2, 0.25) is 0 Å². The average Bonchev–Trinajstić information content (AvgIpc) is 2.37. The molecule has 102 valence electrons. The van der Waals surface area contributed by atoms with E-state index in [4.69, 9.17) is 0 Å². The van der Waals surface area contributed by atoms with Crippen LogP contribution < -0.4 is 0 Å². The van der Waals surface area contributed by atoms with Crippen molar-refractivity contribution in [2.45, 2.75) is 47.0 Å². The number of benzene rings is 1. The summed E-state index contributed by atoms with van der Waals surface area (Å²) in [6.07, 6.45) is 4.22. The summed E-state index contributed by atoms with van der Waals surface area (Å²) in [7, 11) is 0. The highest BCUT2D eigenvalue weighted by atomic mass is 16.1. The first-order chi connectivity index (χ1) is 8.91. The Kier molecular flexibility index (Phi) is 3.93. The predicted octanol–water partition coefficient (Wildman–Crippen LogP) is 4.79. The SMILES string of the molecule is Cc1cccc(C2=C(C=O)CC(C(C)(C)C)CC2)c1. The summed E-state index contributed by atoms with van der Waals surface area (Å²) in [5, 5.41) is 0. The Balaban J connectivity index is 2.35. The highest BCUT2D eigenvalue weighted by Gasteiger charge is 2.30. The van der Waals surface area contributed by atoms with Gasteiger partial charge in [-0.15, -0.1) is 0 Å². The van der Waals surface area contributed by atoms with Gasteiger partial charge in [-0.2, -0.15) is 0 Å². The Labute approximate surface area is 116 Å². The Morgan fingerprint density at radius 2 is 2.00 bits per heavy atom. The molecule has 1 atom stereocenters. The second-order valence-electron chi connectivity index (χ2n) is 6.80. The monoisotopic (exact) mass is 256 g/mol. The third-order valence-corrected chi connectivity index (χ3v) is 4.33. The molecule has 0 bridgehead atoms. The maximum Gasteiger partial charge on any atom is 0.146 e. The molecule has 0 N–H and O–H groups in total. The molecule has 1 aromatic rings. The van der Waals surface area contributed by atoms with E-state index in [1.165, 1.54) is 23.1 Å². The summed E-state index contributed by atoms with van der Waals surface area (Å²) in [4.78, 5) is 11.4. The normalized spacial score (nSPS) is 20.5. The van der Waals surface area contributed by atoms with Crippen molar-refractivity contribution >= 4 is 11.9 Å². The van der Waals surface area contributed by atoms with Gasteiger partial charge in [-0.25, -0.2) is 0 Å². The molecule has 1 heteroatoms. The second kappa shape index (κ2) is 5.32. The Morgan fingerprint density at radius 3 is 2.58 bits per heavy atom. The van der Waals surface area contributed by atoms with Gasteiger partial charge in [0.15, 0.2) is 0 Å². The van der Waals surface area contributed by atoms with Gasteiger partial charge in [0.25, 0.3) is 0 Å². The fourth-order valence-corrected chi connectivity index (χ4v) is 2.99. The summed E-state index contributed by atoms with van der Waals surface area (Å²) < 4.78 is 0. The van der Waals surface area contributed by atoms with Crippen molar-refractivity contribution in [2.75, 3.05) is 0 Å². The van der Waals surface area contributed by atoms with Crippen LogP contribution in [0.25, 0.3) is 5.57 Å². The first kappa shape index (κ1) is 14.0. The van der Waals surface area contributed by atoms with E-state index in [1.54, 1.807) is 0 Å². The predicted molar refractivity (Wildman–Crippen MR) is 81.0 cm³/mol. The van der Waals surface area contributed by atoms with Crippen molar-refractivity contribution in [3.63, 3.8) is 0 Å². The van der Waals surface area contributed by atoms with Crippen LogP contribution in [-0.4, -0.2) is 6.29 Å². The largest absolute Gasteiger partial charge is 0.298 e. The van der Waals surface area contributed by atoms with E-state index < -0.39 is 0 Å². The molecule has 19 heavy (non-hydrogen) atoms. The lowest BCUT2D eigenvalue weighted by Crippen LogP contribution is -2.24. The van der Waals surface area contributed by atoms with Crippen LogP contribution >= 0.6 is 0 Å². The van der Waals surface area contributed by atoms with Crippen LogP contribution in [-0.2, 0) is 4.79 Å². The van der Waals surface area contributed by atoms with Gasteiger partial charge in [-0.1, -0.05) is 50.6 Å². The Morgan fingerprint density at radius 1 is 1.26 bits per heavy atom. The van der Waals surface area contributed by atoms with Crippen LogP contribution in [0, 0.1) is 18.3 Å². The van der Waals surface area contributed by atoms with Gasteiger partial charge >= 0.3 is 0 Å². The van der Waals surface area contributed by atoms with Gasteiger partial charge in [0.05, 0.1) is 0 Å².